The van der Waals surface area contributed by atoms with Gasteiger partial charge in [0.25, 0.3) is 0 Å². The van der Waals surface area contributed by atoms with Crippen molar-refractivity contribution in [3.8, 4) is 0 Å². The number of nitrogens with one attached hydrogen (secondary N) is 1. The van der Waals surface area contributed by atoms with Crippen LogP contribution in [0.2, 0.25) is 51.4 Å². The van der Waals surface area contributed by atoms with Crippen molar-refractivity contribution in [2.45, 2.75) is 256 Å². The lowest BCUT2D eigenvalue weighted by Gasteiger charge is -2.44. The van der Waals surface area contributed by atoms with Gasteiger partial charge in [0, 0.05) is 29.4 Å². The third kappa shape index (κ3) is 31.3. The minimum absolute atomic E-state index is 0.0306. The van der Waals surface area contributed by atoms with Gasteiger partial charge in [0.05, 0.1) is 38.3 Å². The van der Waals surface area contributed by atoms with Gasteiger partial charge in [0.2, 0.25) is 5.91 Å². The van der Waals surface area contributed by atoms with Crippen LogP contribution in [0.5, 0.6) is 0 Å². The normalized spacial score (nSPS) is 19.9. The van der Waals surface area contributed by atoms with E-state index in [-0.39, 0.29) is 38.9 Å². The molecule has 1 heterocycles. The van der Waals surface area contributed by atoms with Crippen molar-refractivity contribution in [3.05, 3.63) is 35.9 Å². The van der Waals surface area contributed by atoms with E-state index in [0.717, 1.165) is 56.2 Å². The lowest BCUT2D eigenvalue weighted by atomic mass is 9.96. The molecule has 12 nitrogen and oxygen atoms in total. The first-order valence-corrected chi connectivity index (χ1v) is 34.0. The summed E-state index contributed by atoms with van der Waals surface area (Å²) in [4.78, 5) is 28.1. The van der Waals surface area contributed by atoms with Gasteiger partial charge in [-0.05, 0) is 30.5 Å². The number of hydrogen-bond donors (Lipinski definition) is 3. The second-order valence-corrected chi connectivity index (χ2v) is 32.7. The average molecular weight is 983 g/mol. The molecule has 0 unspecified atom stereocenters. The monoisotopic (exact) mass is 982 g/mol. The Morgan fingerprint density at radius 3 is 1.60 bits per heavy atom. The minimum atomic E-state index is -1.45. The first kappa shape index (κ1) is 61.4. The van der Waals surface area contributed by atoms with Crippen LogP contribution in [0, 0.1) is 0 Å². The van der Waals surface area contributed by atoms with E-state index in [4.69, 9.17) is 33.2 Å². The molecular weight excluding hydrogens is 883 g/mol. The van der Waals surface area contributed by atoms with E-state index in [9.17, 15) is 19.8 Å². The van der Waals surface area contributed by atoms with Crippen molar-refractivity contribution >= 4 is 28.0 Å². The number of hydrogen-bond acceptors (Lipinski definition) is 11. The number of carbonyl (C=O) groups excluding carboxylic acids is 2. The fourth-order valence-electron chi connectivity index (χ4n) is 8.11. The van der Waals surface area contributed by atoms with Crippen LogP contribution in [0.15, 0.2) is 30.3 Å². The van der Waals surface area contributed by atoms with E-state index < -0.39 is 71.6 Å². The van der Waals surface area contributed by atoms with Crippen molar-refractivity contribution in [2.75, 3.05) is 33.4 Å². The summed E-state index contributed by atoms with van der Waals surface area (Å²) in [6.07, 6.45) is 16.7. The SMILES string of the molecule is CCCCCCCCCCC[C@H](CC(=O)N[C@H]1[C@H](OCc2ccccc2)O[C@H](CO)[C@@H](O)[C@@H]1OC(=O)C[C@@H](CCCCCCCCCCC)OCOCC[Si](C)(C)C)OCOCC[Si](C)(C)C. The van der Waals surface area contributed by atoms with E-state index in [0.29, 0.717) is 26.1 Å². The van der Waals surface area contributed by atoms with Crippen LogP contribution in [-0.4, -0.2) is 114 Å². The molecule has 0 aliphatic carbocycles. The molecule has 67 heavy (non-hydrogen) atoms. The molecule has 390 valence electrons. The fraction of sp³-hybridized carbons (Fsp3) is 0.849. The van der Waals surface area contributed by atoms with E-state index in [1.165, 1.54) is 77.0 Å². The Kier molecular flexibility index (Phi) is 34.0. The standard InChI is InChI=1S/C53H99NO11Si2/c1-9-11-13-15-17-19-21-23-28-32-45(62-42-59-34-36-66(3,4)5)38-48(56)54-50-52(51(58)47(40-55)64-53(50)61-41-44-30-26-25-27-31-44)65-49(57)39-46(63-43-60-35-37-67(6,7)8)33-29-24-22-20-18-16-14-12-10-2/h25-27,30-31,45-47,50-53,55,58H,9-24,28-29,32-43H2,1-8H3,(H,54,56)/t45-,46-,47-,50-,51-,52-,53-/m1/s1. The van der Waals surface area contributed by atoms with Crippen LogP contribution in [0.1, 0.15) is 161 Å². The number of amides is 1. The third-order valence-corrected chi connectivity index (χ3v) is 15.9. The van der Waals surface area contributed by atoms with Gasteiger partial charge in [-0.3, -0.25) is 9.59 Å². The number of unbranched alkanes of at least 4 members (excludes halogenated alkanes) is 16. The molecule has 1 amide bonds. The van der Waals surface area contributed by atoms with Crippen LogP contribution in [-0.2, 0) is 49.4 Å². The van der Waals surface area contributed by atoms with Gasteiger partial charge in [-0.25, -0.2) is 0 Å². The Morgan fingerprint density at radius 2 is 1.13 bits per heavy atom. The van der Waals surface area contributed by atoms with Crippen LogP contribution in [0.25, 0.3) is 0 Å². The highest BCUT2D eigenvalue weighted by atomic mass is 28.3. The van der Waals surface area contributed by atoms with Crippen LogP contribution < -0.4 is 5.32 Å². The molecule has 3 N–H and O–H groups in total. The Morgan fingerprint density at radius 1 is 0.672 bits per heavy atom. The Bertz CT molecular complexity index is 1360. The maximum Gasteiger partial charge on any atom is 0.308 e. The van der Waals surface area contributed by atoms with Gasteiger partial charge in [0.1, 0.15) is 31.8 Å². The molecule has 2 rings (SSSR count). The number of aliphatic hydroxyl groups is 2. The summed E-state index contributed by atoms with van der Waals surface area (Å²) >= 11 is 0. The number of aliphatic hydroxyl groups excluding tert-OH is 2. The molecule has 7 atom stereocenters. The van der Waals surface area contributed by atoms with Crippen molar-refractivity contribution < 1.29 is 53.0 Å². The second-order valence-electron chi connectivity index (χ2n) is 21.5. The molecular formula is C53H99NO11Si2. The highest BCUT2D eigenvalue weighted by molar-refractivity contribution is 6.76. The zero-order valence-electron chi connectivity index (χ0n) is 43.7. The number of ether oxygens (including phenoxy) is 7. The maximum absolute atomic E-state index is 14.1. The molecule has 0 spiro atoms. The lowest BCUT2D eigenvalue weighted by molar-refractivity contribution is -0.277. The molecule has 1 aliphatic heterocycles. The van der Waals surface area contributed by atoms with Crippen molar-refractivity contribution in [1.29, 1.82) is 0 Å². The average Bonchev–Trinajstić information content (AvgIpc) is 3.27. The highest BCUT2D eigenvalue weighted by Crippen LogP contribution is 2.27. The second kappa shape index (κ2) is 37.1. The van der Waals surface area contributed by atoms with Gasteiger partial charge in [0.15, 0.2) is 12.4 Å². The molecule has 1 aromatic carbocycles. The van der Waals surface area contributed by atoms with Crippen LogP contribution in [0.4, 0.5) is 0 Å². The molecule has 1 aromatic rings. The maximum atomic E-state index is 14.1. The summed E-state index contributed by atoms with van der Waals surface area (Å²) in [6, 6.07) is 10.5. The highest BCUT2D eigenvalue weighted by Gasteiger charge is 2.49. The molecule has 0 bridgehead atoms. The summed E-state index contributed by atoms with van der Waals surface area (Å²) in [5.74, 6) is -0.948. The largest absolute Gasteiger partial charge is 0.457 e. The molecule has 1 saturated heterocycles. The minimum Gasteiger partial charge on any atom is -0.457 e. The lowest BCUT2D eigenvalue weighted by Crippen LogP contribution is -2.66. The van der Waals surface area contributed by atoms with Gasteiger partial charge >= 0.3 is 5.97 Å². The summed E-state index contributed by atoms with van der Waals surface area (Å²) in [5, 5.41) is 25.1. The number of rotatable bonds is 42. The van der Waals surface area contributed by atoms with Gasteiger partial charge in [-0.1, -0.05) is 199 Å². The summed E-state index contributed by atoms with van der Waals surface area (Å²) < 4.78 is 42.8. The van der Waals surface area contributed by atoms with Crippen molar-refractivity contribution in [1.82, 2.24) is 5.32 Å². The zero-order valence-corrected chi connectivity index (χ0v) is 45.7. The first-order chi connectivity index (χ1) is 32.2. The van der Waals surface area contributed by atoms with E-state index in [1.54, 1.807) is 0 Å². The molecule has 1 aliphatic rings. The molecule has 0 saturated carbocycles. The van der Waals surface area contributed by atoms with Crippen molar-refractivity contribution in [2.24, 2.45) is 0 Å². The summed E-state index contributed by atoms with van der Waals surface area (Å²) in [7, 11) is -2.58. The van der Waals surface area contributed by atoms with Gasteiger partial charge < -0.3 is 48.7 Å². The van der Waals surface area contributed by atoms with E-state index >= 15 is 0 Å². The summed E-state index contributed by atoms with van der Waals surface area (Å²) in [5.41, 5.74) is 0.864. The molecule has 0 aromatic heterocycles. The van der Waals surface area contributed by atoms with Gasteiger partial charge in [-0.2, -0.15) is 0 Å². The number of esters is 1. The molecule has 0 radical (unpaired) electrons. The third-order valence-electron chi connectivity index (χ3n) is 12.5. The quantitative estimate of drug-likeness (QED) is 0.0248. The first-order valence-electron chi connectivity index (χ1n) is 26.6. The summed E-state index contributed by atoms with van der Waals surface area (Å²) in [6.45, 7) is 19.3. The topological polar surface area (TPSA) is 151 Å². The Labute approximate surface area is 410 Å². The predicted octanol–water partition coefficient (Wildman–Crippen LogP) is 11.7. The number of carbonyl (C=O) groups is 2. The van der Waals surface area contributed by atoms with E-state index in [2.05, 4.69) is 58.4 Å². The fourth-order valence-corrected chi connectivity index (χ4v) is 9.62. The molecule has 1 fully saturated rings. The molecule has 14 heteroatoms. The predicted molar refractivity (Wildman–Crippen MR) is 275 cm³/mol. The smallest absolute Gasteiger partial charge is 0.308 e. The van der Waals surface area contributed by atoms with E-state index in [1.807, 2.05) is 30.3 Å². The Hall–Kier alpha value is -1.73. The van der Waals surface area contributed by atoms with Crippen molar-refractivity contribution in [3.63, 3.8) is 0 Å². The van der Waals surface area contributed by atoms with Crippen LogP contribution >= 0.6 is 0 Å². The van der Waals surface area contributed by atoms with Gasteiger partial charge in [-0.15, -0.1) is 0 Å². The number of benzene rings is 1. The zero-order chi connectivity index (χ0) is 49.2. The van der Waals surface area contributed by atoms with Crippen LogP contribution in [0.3, 0.4) is 0 Å². The Balaban J connectivity index is 2.24.